The second-order valence-electron chi connectivity index (χ2n) is 14.4. The van der Waals surface area contributed by atoms with Crippen LogP contribution >= 0.6 is 7.82 Å². The second-order valence-corrected chi connectivity index (χ2v) is 15.8. The van der Waals surface area contributed by atoms with Gasteiger partial charge >= 0.3 is 19.8 Å². The Morgan fingerprint density at radius 1 is 0.545 bits per heavy atom. The average Bonchev–Trinajstić information content (AvgIpc) is 3.17. The van der Waals surface area contributed by atoms with Crippen molar-refractivity contribution in [2.75, 3.05) is 26.4 Å². The molecule has 0 aliphatic heterocycles. The molecule has 0 fully saturated rings. The van der Waals surface area contributed by atoms with Crippen LogP contribution in [-0.4, -0.2) is 65.7 Å². The van der Waals surface area contributed by atoms with E-state index in [0.29, 0.717) is 19.3 Å². The van der Waals surface area contributed by atoms with Gasteiger partial charge in [0.05, 0.1) is 19.8 Å². The van der Waals surface area contributed by atoms with E-state index in [1.165, 1.54) is 77.0 Å². The van der Waals surface area contributed by atoms with Crippen LogP contribution in [-0.2, 0) is 32.7 Å². The minimum absolute atomic E-state index is 0.110. The summed E-state index contributed by atoms with van der Waals surface area (Å²) in [5.41, 5.74) is 0. The van der Waals surface area contributed by atoms with Gasteiger partial charge in [-0.15, -0.1) is 0 Å². The van der Waals surface area contributed by atoms with Crippen molar-refractivity contribution in [3.05, 3.63) is 48.6 Å². The molecule has 0 aliphatic carbocycles. The molecule has 0 saturated carbocycles. The Kier molecular flexibility index (Phi) is 38.6. The fraction of sp³-hybridized carbons (Fsp3) is 0.773. The predicted octanol–water partition coefficient (Wildman–Crippen LogP) is 11.3. The summed E-state index contributed by atoms with van der Waals surface area (Å²) in [5.74, 6) is -0.996. The molecule has 0 saturated heterocycles. The highest BCUT2D eigenvalue weighted by Crippen LogP contribution is 2.43. The van der Waals surface area contributed by atoms with Crippen LogP contribution in [0.5, 0.6) is 0 Å². The van der Waals surface area contributed by atoms with Gasteiger partial charge in [-0.3, -0.25) is 18.6 Å². The van der Waals surface area contributed by atoms with Crippen LogP contribution in [0.4, 0.5) is 0 Å². The largest absolute Gasteiger partial charge is 0.472 e. The van der Waals surface area contributed by atoms with Crippen molar-refractivity contribution in [1.82, 2.24) is 0 Å². The first kappa shape index (κ1) is 52.9. The Hall–Kier alpha value is -2.07. The molecule has 0 heterocycles. The van der Waals surface area contributed by atoms with Crippen molar-refractivity contribution < 1.29 is 47.8 Å². The molecule has 0 aromatic heterocycles. The van der Waals surface area contributed by atoms with Crippen LogP contribution in [0.3, 0.4) is 0 Å². The standard InChI is InChI=1S/C44H79O10P/c1-3-5-7-9-11-13-15-17-19-20-22-24-26-28-30-32-34-36-44(48)54-42(40-53-55(49,50)52-38-41(46)37-45)39-51-43(47)35-33-31-29-27-25-23-21-18-16-14-12-10-8-6-4-2/h17-19,21-22,24,28,30,41-42,45-46H,3-16,20,23,25-27,29,31-40H2,1-2H3,(H,49,50)/b19-17+,21-18+,24-22+,30-28+/t41-,42+/m0/s1. The summed E-state index contributed by atoms with van der Waals surface area (Å²) in [6.07, 6.45) is 42.3. The quantitative estimate of drug-likeness (QED) is 0.0237. The number of phosphoric acid groups is 1. The number of unbranched alkanes of at least 4 members (excludes halogenated alkanes) is 18. The molecule has 0 rings (SSSR count). The molecular weight excluding hydrogens is 719 g/mol. The van der Waals surface area contributed by atoms with E-state index in [4.69, 9.17) is 19.1 Å². The van der Waals surface area contributed by atoms with E-state index < -0.39 is 51.8 Å². The lowest BCUT2D eigenvalue weighted by Gasteiger charge is -2.20. The van der Waals surface area contributed by atoms with Crippen molar-refractivity contribution in [3.8, 4) is 0 Å². The van der Waals surface area contributed by atoms with Gasteiger partial charge in [0.25, 0.3) is 0 Å². The number of hydrogen-bond donors (Lipinski definition) is 3. The molecule has 0 bridgehead atoms. The third-order valence-electron chi connectivity index (χ3n) is 8.96. The minimum Gasteiger partial charge on any atom is -0.462 e. The van der Waals surface area contributed by atoms with Crippen molar-refractivity contribution >= 4 is 19.8 Å². The lowest BCUT2D eigenvalue weighted by Crippen LogP contribution is -2.29. The molecule has 10 nitrogen and oxygen atoms in total. The lowest BCUT2D eigenvalue weighted by atomic mass is 10.1. The summed E-state index contributed by atoms with van der Waals surface area (Å²) < 4.78 is 32.6. The van der Waals surface area contributed by atoms with E-state index in [2.05, 4.69) is 60.9 Å². The van der Waals surface area contributed by atoms with Gasteiger partial charge in [-0.25, -0.2) is 4.57 Å². The van der Waals surface area contributed by atoms with Crippen LogP contribution in [0.25, 0.3) is 0 Å². The zero-order chi connectivity index (χ0) is 40.5. The Balaban J connectivity index is 4.41. The van der Waals surface area contributed by atoms with Gasteiger partial charge in [-0.1, -0.05) is 146 Å². The third kappa shape index (κ3) is 39.9. The van der Waals surface area contributed by atoms with Crippen LogP contribution in [0.2, 0.25) is 0 Å². The summed E-state index contributed by atoms with van der Waals surface area (Å²) in [4.78, 5) is 34.9. The van der Waals surface area contributed by atoms with E-state index in [1.54, 1.807) is 0 Å². The van der Waals surface area contributed by atoms with Crippen LogP contribution in [0.15, 0.2) is 48.6 Å². The number of ether oxygens (including phenoxy) is 2. The molecule has 11 heteroatoms. The van der Waals surface area contributed by atoms with E-state index in [9.17, 15) is 24.2 Å². The highest BCUT2D eigenvalue weighted by atomic mass is 31.2. The van der Waals surface area contributed by atoms with Crippen molar-refractivity contribution in [3.63, 3.8) is 0 Å². The van der Waals surface area contributed by atoms with Gasteiger partial charge in [-0.05, 0) is 70.6 Å². The molecule has 0 radical (unpaired) electrons. The number of aliphatic hydroxyl groups excluding tert-OH is 2. The maximum Gasteiger partial charge on any atom is 0.472 e. The van der Waals surface area contributed by atoms with Crippen molar-refractivity contribution in [2.45, 2.75) is 193 Å². The van der Waals surface area contributed by atoms with Crippen LogP contribution in [0.1, 0.15) is 181 Å². The number of rotatable bonds is 40. The number of aliphatic hydroxyl groups is 2. The van der Waals surface area contributed by atoms with Gasteiger partial charge in [-0.2, -0.15) is 0 Å². The molecule has 0 aromatic carbocycles. The number of hydrogen-bond acceptors (Lipinski definition) is 9. The fourth-order valence-corrected chi connectivity index (χ4v) is 6.38. The molecular formula is C44H79O10P. The number of carbonyl (C=O) groups is 2. The first-order valence-electron chi connectivity index (χ1n) is 21.6. The Morgan fingerprint density at radius 3 is 1.49 bits per heavy atom. The molecule has 3 atom stereocenters. The van der Waals surface area contributed by atoms with Gasteiger partial charge in [0.15, 0.2) is 6.10 Å². The first-order chi connectivity index (χ1) is 26.7. The monoisotopic (exact) mass is 799 g/mol. The number of esters is 2. The normalized spacial score (nSPS) is 14.3. The van der Waals surface area contributed by atoms with Crippen molar-refractivity contribution in [1.29, 1.82) is 0 Å². The van der Waals surface area contributed by atoms with E-state index >= 15 is 0 Å². The summed E-state index contributed by atoms with van der Waals surface area (Å²) >= 11 is 0. The smallest absolute Gasteiger partial charge is 0.462 e. The van der Waals surface area contributed by atoms with Gasteiger partial charge < -0.3 is 24.6 Å². The maximum atomic E-state index is 12.6. The molecule has 0 aromatic rings. The second kappa shape index (κ2) is 40.1. The summed E-state index contributed by atoms with van der Waals surface area (Å²) in [7, 11) is -4.63. The van der Waals surface area contributed by atoms with Gasteiger partial charge in [0, 0.05) is 12.8 Å². The SMILES string of the molecule is CCCCCCCC/C=C/C/C=C/C/C=C/CCCC(=O)O[C@H](COC(=O)CCCCCCC/C=C/CCCCCCCC)COP(=O)(O)OC[C@@H](O)CO. The summed E-state index contributed by atoms with van der Waals surface area (Å²) in [6, 6.07) is 0. The number of phosphoric ester groups is 1. The maximum absolute atomic E-state index is 12.6. The fourth-order valence-electron chi connectivity index (χ4n) is 5.59. The molecule has 55 heavy (non-hydrogen) atoms. The Bertz CT molecular complexity index is 1060. The molecule has 0 spiro atoms. The van der Waals surface area contributed by atoms with E-state index in [1.807, 2.05) is 6.08 Å². The van der Waals surface area contributed by atoms with Gasteiger partial charge in [0.1, 0.15) is 12.7 Å². The zero-order valence-corrected chi connectivity index (χ0v) is 35.5. The van der Waals surface area contributed by atoms with E-state index in [0.717, 1.165) is 57.8 Å². The lowest BCUT2D eigenvalue weighted by molar-refractivity contribution is -0.161. The molecule has 3 N–H and O–H groups in total. The van der Waals surface area contributed by atoms with Crippen LogP contribution < -0.4 is 0 Å². The van der Waals surface area contributed by atoms with Crippen molar-refractivity contribution in [2.24, 2.45) is 0 Å². The zero-order valence-electron chi connectivity index (χ0n) is 34.6. The minimum atomic E-state index is -4.63. The van der Waals surface area contributed by atoms with E-state index in [-0.39, 0.29) is 19.4 Å². The highest BCUT2D eigenvalue weighted by molar-refractivity contribution is 7.47. The summed E-state index contributed by atoms with van der Waals surface area (Å²) in [5, 5.41) is 18.3. The summed E-state index contributed by atoms with van der Waals surface area (Å²) in [6.45, 7) is 2.30. The predicted molar refractivity (Wildman–Crippen MR) is 224 cm³/mol. The molecule has 320 valence electrons. The van der Waals surface area contributed by atoms with Gasteiger partial charge in [0.2, 0.25) is 0 Å². The Labute approximate surface area is 334 Å². The number of carbonyl (C=O) groups excluding carboxylic acids is 2. The molecule has 1 unspecified atom stereocenters. The van der Waals surface area contributed by atoms with Crippen LogP contribution in [0, 0.1) is 0 Å². The average molecular weight is 799 g/mol. The molecule has 0 aliphatic rings. The molecule has 0 amide bonds. The number of allylic oxidation sites excluding steroid dienone is 8. The topological polar surface area (TPSA) is 149 Å². The highest BCUT2D eigenvalue weighted by Gasteiger charge is 2.27. The first-order valence-corrected chi connectivity index (χ1v) is 23.1. The third-order valence-corrected chi connectivity index (χ3v) is 9.91. The Morgan fingerprint density at radius 2 is 0.964 bits per heavy atom.